The van der Waals surface area contributed by atoms with Crippen molar-refractivity contribution < 1.29 is 58.2 Å². The Bertz CT molecular complexity index is 1360. The number of aliphatic carboxylic acids is 2. The van der Waals surface area contributed by atoms with Crippen LogP contribution in [0.3, 0.4) is 0 Å². The Morgan fingerprint density at radius 3 is 2.12 bits per heavy atom. The number of hydrogen-bond donors (Lipinski definition) is 2. The summed E-state index contributed by atoms with van der Waals surface area (Å²) in [6, 6.07) is 6.47. The Balaban J connectivity index is 1.53. The quantitative estimate of drug-likeness (QED) is 0.0266. The summed E-state index contributed by atoms with van der Waals surface area (Å²) in [5, 5.41) is 18.0. The molecule has 18 heteroatoms. The topological polar surface area (TPSA) is 172 Å². The third-order valence-corrected chi connectivity index (χ3v) is 15.9. The van der Waals surface area contributed by atoms with Crippen LogP contribution >= 0.6 is 70.6 Å². The van der Waals surface area contributed by atoms with Crippen LogP contribution < -0.4 is 0 Å². The maximum Gasteiger partial charge on any atom is 0.338 e. The Labute approximate surface area is 316 Å². The molecule has 1 aromatic rings. The van der Waals surface area contributed by atoms with Crippen LogP contribution in [0.5, 0.6) is 0 Å². The average Bonchev–Trinajstić information content (AvgIpc) is 3.79. The van der Waals surface area contributed by atoms with Crippen molar-refractivity contribution in [1.82, 2.24) is 0 Å². The van der Waals surface area contributed by atoms with Crippen molar-refractivity contribution in [3.05, 3.63) is 59.7 Å². The summed E-state index contributed by atoms with van der Waals surface area (Å²) < 4.78 is 17.4. The molecule has 276 valence electrons. The Kier molecular flexibility index (Phi) is 18.9. The van der Waals surface area contributed by atoms with Gasteiger partial charge < -0.3 is 24.4 Å². The molecule has 0 spiro atoms. The minimum absolute atomic E-state index is 0.0520. The van der Waals surface area contributed by atoms with Gasteiger partial charge in [0.2, 0.25) is 0 Å². The van der Waals surface area contributed by atoms with Crippen LogP contribution in [0, 0.1) is 0 Å². The minimum Gasteiger partial charge on any atom is -0.481 e. The van der Waals surface area contributed by atoms with E-state index in [-0.39, 0.29) is 41.1 Å². The molecule has 2 unspecified atom stereocenters. The number of carbonyl (C=O) groups is 5. The summed E-state index contributed by atoms with van der Waals surface area (Å²) in [5.74, 6) is 1.32. The molecular weight excluding hydrogens is 769 g/mol. The van der Waals surface area contributed by atoms with E-state index in [0.29, 0.717) is 21.7 Å². The van der Waals surface area contributed by atoms with Gasteiger partial charge in [-0.15, -0.1) is 58.8 Å². The molecule has 2 N–H and O–H groups in total. The van der Waals surface area contributed by atoms with E-state index in [1.165, 1.54) is 11.8 Å². The number of thioether (sulfide) groups is 6. The molecule has 2 aliphatic heterocycles. The van der Waals surface area contributed by atoms with Crippen molar-refractivity contribution in [3.8, 4) is 0 Å². The van der Waals surface area contributed by atoms with Crippen molar-refractivity contribution in [2.75, 3.05) is 53.5 Å². The first kappa shape index (κ1) is 42.5. The highest BCUT2D eigenvalue weighted by molar-refractivity contribution is 8.21. The number of carbonyl (C=O) groups excluding carboxylic acids is 3. The van der Waals surface area contributed by atoms with E-state index < -0.39 is 53.7 Å². The number of hydrogen-bond acceptors (Lipinski definition) is 16. The molecule has 2 heterocycles. The lowest BCUT2D eigenvalue weighted by Gasteiger charge is -2.29. The highest BCUT2D eigenvalue weighted by Crippen LogP contribution is 2.39. The summed E-state index contributed by atoms with van der Waals surface area (Å²) in [5.41, 5.74) is 0.400. The first-order valence-electron chi connectivity index (χ1n) is 15.3. The predicted molar refractivity (Wildman–Crippen MR) is 202 cm³/mol. The second kappa shape index (κ2) is 22.2. The fraction of sp³-hybridized carbons (Fsp3) is 0.531. The predicted octanol–water partition coefficient (Wildman–Crippen LogP) is 5.60. The molecule has 2 fully saturated rings. The fourth-order valence-electron chi connectivity index (χ4n) is 4.08. The molecule has 50 heavy (non-hydrogen) atoms. The van der Waals surface area contributed by atoms with E-state index in [9.17, 15) is 24.0 Å². The third-order valence-electron chi connectivity index (χ3n) is 6.54. The van der Waals surface area contributed by atoms with Gasteiger partial charge in [0.1, 0.15) is 25.9 Å². The highest BCUT2D eigenvalue weighted by Gasteiger charge is 2.35. The SMILES string of the molecule is C=C(CC(=O)O)C(=O)OC(COOCc1cccc(C(=O)OCC(C)(OC(=O)C(=C)CC(=O)O)SCC2SCCS2)c1)CSCC1SCCS1. The van der Waals surface area contributed by atoms with Crippen LogP contribution in [-0.4, -0.2) is 114 Å². The normalized spacial score (nSPS) is 16.7. The van der Waals surface area contributed by atoms with Crippen molar-refractivity contribution >= 4 is 100 Å². The largest absolute Gasteiger partial charge is 0.481 e. The summed E-state index contributed by atoms with van der Waals surface area (Å²) in [4.78, 5) is 69.6. The van der Waals surface area contributed by atoms with E-state index in [1.807, 2.05) is 23.5 Å². The van der Waals surface area contributed by atoms with E-state index in [4.69, 9.17) is 34.2 Å². The van der Waals surface area contributed by atoms with Crippen LogP contribution in [0.2, 0.25) is 0 Å². The zero-order valence-electron chi connectivity index (χ0n) is 27.4. The zero-order chi connectivity index (χ0) is 36.5. The fourth-order valence-corrected chi connectivity index (χ4v) is 12.6. The van der Waals surface area contributed by atoms with Crippen LogP contribution in [-0.2, 0) is 49.8 Å². The van der Waals surface area contributed by atoms with E-state index in [1.54, 1.807) is 66.5 Å². The first-order chi connectivity index (χ1) is 23.8. The van der Waals surface area contributed by atoms with Crippen molar-refractivity contribution in [2.45, 2.75) is 46.6 Å². The standard InChI is InChI=1S/C32H40O12S6/c1-20(11-25(33)34)29(37)43-24(16-45-17-27-46-7-8-47-27)15-42-41-14-22-5-4-6-23(13-22)31(39)40-19-32(3,50-18-28-48-9-10-49-28)44-30(38)21(2)12-26(35)36/h4-6,13,24,27-28H,1-2,7-12,14-19H2,3H3,(H,33,34)(H,35,36). The summed E-state index contributed by atoms with van der Waals surface area (Å²) in [6.07, 6.45) is -1.82. The van der Waals surface area contributed by atoms with Gasteiger partial charge in [0.15, 0.2) is 4.93 Å². The molecule has 3 rings (SSSR count). The second-order valence-electron chi connectivity index (χ2n) is 10.9. The third kappa shape index (κ3) is 16.2. The number of carboxylic acid groups (broad SMARTS) is 2. The number of esters is 3. The van der Waals surface area contributed by atoms with Crippen molar-refractivity contribution in [3.63, 3.8) is 0 Å². The summed E-state index contributed by atoms with van der Waals surface area (Å²) >= 11 is 10.2. The monoisotopic (exact) mass is 808 g/mol. The van der Waals surface area contributed by atoms with Gasteiger partial charge in [-0.1, -0.05) is 25.3 Å². The lowest BCUT2D eigenvalue weighted by atomic mass is 10.1. The van der Waals surface area contributed by atoms with Gasteiger partial charge in [-0.25, -0.2) is 24.2 Å². The molecule has 12 nitrogen and oxygen atoms in total. The van der Waals surface area contributed by atoms with Crippen molar-refractivity contribution in [2.24, 2.45) is 0 Å². The molecule has 0 saturated carbocycles. The van der Waals surface area contributed by atoms with Crippen LogP contribution in [0.15, 0.2) is 48.6 Å². The Morgan fingerprint density at radius 2 is 1.50 bits per heavy atom. The van der Waals surface area contributed by atoms with Crippen LogP contribution in [0.4, 0.5) is 0 Å². The number of ether oxygens (including phenoxy) is 3. The lowest BCUT2D eigenvalue weighted by Crippen LogP contribution is -2.36. The number of rotatable bonds is 23. The maximum absolute atomic E-state index is 13.1. The zero-order valence-corrected chi connectivity index (χ0v) is 32.3. The molecule has 0 aromatic heterocycles. The maximum atomic E-state index is 13.1. The first-order valence-corrected chi connectivity index (χ1v) is 21.6. The van der Waals surface area contributed by atoms with Crippen molar-refractivity contribution in [1.29, 1.82) is 0 Å². The van der Waals surface area contributed by atoms with E-state index in [2.05, 4.69) is 13.2 Å². The van der Waals surface area contributed by atoms with Gasteiger partial charge in [0.05, 0.1) is 27.6 Å². The van der Waals surface area contributed by atoms with Gasteiger partial charge in [-0.05, 0) is 24.6 Å². The molecule has 0 radical (unpaired) electrons. The minimum atomic E-state index is -1.29. The molecule has 0 bridgehead atoms. The van der Waals surface area contributed by atoms with E-state index >= 15 is 0 Å². The van der Waals surface area contributed by atoms with Crippen LogP contribution in [0.1, 0.15) is 35.7 Å². The van der Waals surface area contributed by atoms with Gasteiger partial charge >= 0.3 is 29.8 Å². The molecule has 0 amide bonds. The van der Waals surface area contributed by atoms with E-state index in [0.717, 1.165) is 28.8 Å². The lowest BCUT2D eigenvalue weighted by molar-refractivity contribution is -0.313. The molecule has 0 aliphatic carbocycles. The molecule has 2 saturated heterocycles. The van der Waals surface area contributed by atoms with Gasteiger partial charge in [-0.2, -0.15) is 11.8 Å². The summed E-state index contributed by atoms with van der Waals surface area (Å²) in [7, 11) is 0. The number of benzene rings is 1. The van der Waals surface area contributed by atoms with Gasteiger partial charge in [0.25, 0.3) is 0 Å². The Morgan fingerprint density at radius 1 is 0.900 bits per heavy atom. The summed E-state index contributed by atoms with van der Waals surface area (Å²) in [6.45, 7) is 8.18. The van der Waals surface area contributed by atoms with Gasteiger partial charge in [0, 0.05) is 51.4 Å². The smallest absolute Gasteiger partial charge is 0.338 e. The molecule has 1 aromatic carbocycles. The molecular formula is C32H40O12S6. The highest BCUT2D eigenvalue weighted by atomic mass is 32.2. The Hall–Kier alpha value is -1.93. The van der Waals surface area contributed by atoms with Crippen LogP contribution in [0.25, 0.3) is 0 Å². The number of carboxylic acids is 2. The second-order valence-corrected chi connectivity index (χ2v) is 19.3. The molecule has 2 aliphatic rings. The average molecular weight is 809 g/mol. The van der Waals surface area contributed by atoms with Gasteiger partial charge in [-0.3, -0.25) is 9.59 Å². The molecule has 2 atom stereocenters.